The van der Waals surface area contributed by atoms with Gasteiger partial charge in [0.25, 0.3) is 0 Å². The van der Waals surface area contributed by atoms with Crippen molar-refractivity contribution < 1.29 is 9.47 Å². The van der Waals surface area contributed by atoms with Crippen molar-refractivity contribution in [2.24, 2.45) is 11.7 Å². The number of hydrogen-bond donors (Lipinski definition) is 1. The van der Waals surface area contributed by atoms with Gasteiger partial charge in [-0.05, 0) is 75.3 Å². The molecule has 0 spiro atoms. The van der Waals surface area contributed by atoms with Crippen LogP contribution in [0, 0.1) is 5.92 Å². The summed E-state index contributed by atoms with van der Waals surface area (Å²) in [5.41, 5.74) is 8.96. The second kappa shape index (κ2) is 7.77. The quantitative estimate of drug-likeness (QED) is 0.835. The molecule has 2 fully saturated rings. The summed E-state index contributed by atoms with van der Waals surface area (Å²) in [6.45, 7) is 7.35. The first kappa shape index (κ1) is 18.9. The third-order valence-electron chi connectivity index (χ3n) is 6.20. The summed E-state index contributed by atoms with van der Waals surface area (Å²) in [7, 11) is 0. The highest BCUT2D eigenvalue weighted by atomic mass is 16.7. The standard InChI is InChI=1S/C22H35NO2/c1-4-17-5-9-19(10-6-17)20-11-7-18(8-12-20)13-14-22(23)15-24-21(2,3)25-16-22/h7-8,11-12,17,19H,4-6,9-10,13-16,23H2,1-3H3. The van der Waals surface area contributed by atoms with Crippen molar-refractivity contribution in [2.75, 3.05) is 13.2 Å². The van der Waals surface area contributed by atoms with Crippen LogP contribution in [0.25, 0.3) is 0 Å². The Labute approximate surface area is 153 Å². The summed E-state index contributed by atoms with van der Waals surface area (Å²) in [6, 6.07) is 9.26. The van der Waals surface area contributed by atoms with E-state index in [9.17, 15) is 0 Å². The number of aryl methyl sites for hydroxylation is 1. The second-order valence-electron chi connectivity index (χ2n) is 8.71. The summed E-state index contributed by atoms with van der Waals surface area (Å²) in [6.07, 6.45) is 8.72. The Bertz CT molecular complexity index is 534. The predicted molar refractivity (Wildman–Crippen MR) is 103 cm³/mol. The lowest BCUT2D eigenvalue weighted by molar-refractivity contribution is -0.267. The molecule has 1 aromatic carbocycles. The highest BCUT2D eigenvalue weighted by Crippen LogP contribution is 2.37. The number of benzene rings is 1. The minimum Gasteiger partial charge on any atom is -0.349 e. The van der Waals surface area contributed by atoms with Gasteiger partial charge in [0.15, 0.2) is 5.79 Å². The van der Waals surface area contributed by atoms with Crippen LogP contribution >= 0.6 is 0 Å². The molecular formula is C22H35NO2. The molecule has 140 valence electrons. The van der Waals surface area contributed by atoms with Crippen LogP contribution in [0.4, 0.5) is 0 Å². The fourth-order valence-corrected chi connectivity index (χ4v) is 4.12. The van der Waals surface area contributed by atoms with Gasteiger partial charge < -0.3 is 15.2 Å². The van der Waals surface area contributed by atoms with Crippen molar-refractivity contribution in [3.8, 4) is 0 Å². The normalized spacial score (nSPS) is 28.6. The molecule has 3 nitrogen and oxygen atoms in total. The molecule has 25 heavy (non-hydrogen) atoms. The maximum atomic E-state index is 6.45. The molecule has 0 unspecified atom stereocenters. The van der Waals surface area contributed by atoms with Crippen molar-refractivity contribution >= 4 is 0 Å². The fraction of sp³-hybridized carbons (Fsp3) is 0.727. The number of ether oxygens (including phenoxy) is 2. The van der Waals surface area contributed by atoms with Gasteiger partial charge in [-0.15, -0.1) is 0 Å². The van der Waals surface area contributed by atoms with Crippen molar-refractivity contribution in [3.63, 3.8) is 0 Å². The molecule has 0 atom stereocenters. The third kappa shape index (κ3) is 5.06. The van der Waals surface area contributed by atoms with Crippen molar-refractivity contribution in [2.45, 2.75) is 83.0 Å². The third-order valence-corrected chi connectivity index (χ3v) is 6.20. The largest absolute Gasteiger partial charge is 0.349 e. The monoisotopic (exact) mass is 345 g/mol. The molecule has 0 radical (unpaired) electrons. The summed E-state index contributed by atoms with van der Waals surface area (Å²) < 4.78 is 11.5. The van der Waals surface area contributed by atoms with Gasteiger partial charge in [-0.2, -0.15) is 0 Å². The van der Waals surface area contributed by atoms with Gasteiger partial charge in [0.2, 0.25) is 0 Å². The molecule has 3 heteroatoms. The smallest absolute Gasteiger partial charge is 0.162 e. The molecule has 1 saturated heterocycles. The molecule has 2 aliphatic rings. The minimum atomic E-state index is -0.499. The van der Waals surface area contributed by atoms with Crippen LogP contribution in [-0.2, 0) is 15.9 Å². The molecule has 1 aliphatic carbocycles. The van der Waals surface area contributed by atoms with Crippen LogP contribution in [-0.4, -0.2) is 24.5 Å². The minimum absolute atomic E-state index is 0.368. The first-order valence-corrected chi connectivity index (χ1v) is 10.0. The Morgan fingerprint density at radius 1 is 1.00 bits per heavy atom. The Morgan fingerprint density at radius 2 is 1.60 bits per heavy atom. The van der Waals surface area contributed by atoms with Gasteiger partial charge in [-0.1, -0.05) is 37.6 Å². The van der Waals surface area contributed by atoms with Crippen LogP contribution in [0.2, 0.25) is 0 Å². The van der Waals surface area contributed by atoms with E-state index >= 15 is 0 Å². The summed E-state index contributed by atoms with van der Waals surface area (Å²) >= 11 is 0. The average Bonchev–Trinajstić information content (AvgIpc) is 2.64. The van der Waals surface area contributed by atoms with Gasteiger partial charge in [0.05, 0.1) is 18.8 Å². The molecule has 1 saturated carbocycles. The lowest BCUT2D eigenvalue weighted by atomic mass is 9.77. The highest BCUT2D eigenvalue weighted by Gasteiger charge is 2.36. The van der Waals surface area contributed by atoms with Crippen LogP contribution in [0.15, 0.2) is 24.3 Å². The molecule has 1 aliphatic heterocycles. The van der Waals surface area contributed by atoms with Gasteiger partial charge >= 0.3 is 0 Å². The second-order valence-corrected chi connectivity index (χ2v) is 8.71. The first-order valence-electron chi connectivity index (χ1n) is 10.0. The van der Waals surface area contributed by atoms with Crippen molar-refractivity contribution in [1.29, 1.82) is 0 Å². The Hall–Kier alpha value is -0.900. The molecular weight excluding hydrogens is 310 g/mol. The number of rotatable bonds is 5. The zero-order valence-corrected chi connectivity index (χ0v) is 16.2. The average molecular weight is 346 g/mol. The van der Waals surface area contributed by atoms with Crippen LogP contribution in [0.3, 0.4) is 0 Å². The molecule has 0 bridgehead atoms. The summed E-state index contributed by atoms with van der Waals surface area (Å²) in [5.74, 6) is 1.22. The Balaban J connectivity index is 1.50. The molecule has 1 aromatic rings. The van der Waals surface area contributed by atoms with E-state index in [1.165, 1.54) is 43.2 Å². The van der Waals surface area contributed by atoms with E-state index in [0.717, 1.165) is 24.7 Å². The van der Waals surface area contributed by atoms with E-state index in [4.69, 9.17) is 15.2 Å². The van der Waals surface area contributed by atoms with Gasteiger partial charge in [0.1, 0.15) is 0 Å². The van der Waals surface area contributed by atoms with Crippen molar-refractivity contribution in [3.05, 3.63) is 35.4 Å². The van der Waals surface area contributed by atoms with Crippen LogP contribution in [0.5, 0.6) is 0 Å². The SMILES string of the molecule is CCC1CCC(c2ccc(CCC3(N)COC(C)(C)OC3)cc2)CC1. The molecule has 2 N–H and O–H groups in total. The van der Waals surface area contributed by atoms with Crippen LogP contribution < -0.4 is 5.73 Å². The van der Waals surface area contributed by atoms with E-state index in [2.05, 4.69) is 31.2 Å². The summed E-state index contributed by atoms with van der Waals surface area (Å²) in [4.78, 5) is 0. The molecule has 0 aromatic heterocycles. The predicted octanol–water partition coefficient (Wildman–Crippen LogP) is 4.78. The lowest BCUT2D eigenvalue weighted by Crippen LogP contribution is -2.57. The van der Waals surface area contributed by atoms with Gasteiger partial charge in [-0.3, -0.25) is 0 Å². The lowest BCUT2D eigenvalue weighted by Gasteiger charge is -2.41. The van der Waals surface area contributed by atoms with E-state index in [-0.39, 0.29) is 5.54 Å². The summed E-state index contributed by atoms with van der Waals surface area (Å²) in [5, 5.41) is 0. The van der Waals surface area contributed by atoms with E-state index in [1.54, 1.807) is 0 Å². The molecule has 3 rings (SSSR count). The maximum absolute atomic E-state index is 6.45. The topological polar surface area (TPSA) is 44.5 Å². The van der Waals surface area contributed by atoms with Crippen LogP contribution in [0.1, 0.15) is 76.3 Å². The van der Waals surface area contributed by atoms with Gasteiger partial charge in [0, 0.05) is 0 Å². The molecule has 0 amide bonds. The first-order chi connectivity index (χ1) is 11.9. The zero-order valence-electron chi connectivity index (χ0n) is 16.2. The Kier molecular flexibility index (Phi) is 5.87. The number of hydrogen-bond acceptors (Lipinski definition) is 3. The van der Waals surface area contributed by atoms with Crippen molar-refractivity contribution in [1.82, 2.24) is 0 Å². The zero-order chi connectivity index (χ0) is 17.9. The fourth-order valence-electron chi connectivity index (χ4n) is 4.12. The Morgan fingerprint density at radius 3 is 2.16 bits per heavy atom. The maximum Gasteiger partial charge on any atom is 0.162 e. The van der Waals surface area contributed by atoms with E-state index in [0.29, 0.717) is 13.2 Å². The number of nitrogens with two attached hydrogens (primary N) is 1. The highest BCUT2D eigenvalue weighted by molar-refractivity contribution is 5.26. The van der Waals surface area contributed by atoms with Gasteiger partial charge in [-0.25, -0.2) is 0 Å². The molecule has 1 heterocycles. The van der Waals surface area contributed by atoms with E-state index < -0.39 is 5.79 Å². The van der Waals surface area contributed by atoms with E-state index in [1.807, 2.05) is 13.8 Å².